The van der Waals surface area contributed by atoms with Crippen molar-refractivity contribution < 1.29 is 28.4 Å². The predicted molar refractivity (Wildman–Crippen MR) is 91.8 cm³/mol. The summed E-state index contributed by atoms with van der Waals surface area (Å²) in [6.07, 6.45) is 3.06. The molecule has 26 heavy (non-hydrogen) atoms. The van der Waals surface area contributed by atoms with Gasteiger partial charge in [-0.25, -0.2) is 4.79 Å². The lowest BCUT2D eigenvalue weighted by Crippen LogP contribution is -2.52. The average Bonchev–Trinajstić information content (AvgIpc) is 2.89. The number of benzene rings is 1. The molecule has 1 unspecified atom stereocenters. The number of hydrogen-bond acceptors (Lipinski definition) is 6. The molecular formula is C19H21NO6. The number of esters is 2. The van der Waals surface area contributed by atoms with E-state index < -0.39 is 11.9 Å². The largest absolute Gasteiger partial charge is 0.633 e. The Bertz CT molecular complexity index is 828. The molecule has 0 aromatic heterocycles. The maximum absolute atomic E-state index is 13.0. The van der Waals surface area contributed by atoms with E-state index in [9.17, 15) is 14.8 Å². The summed E-state index contributed by atoms with van der Waals surface area (Å²) < 4.78 is 15.8. The Kier molecular flexibility index (Phi) is 3.82. The van der Waals surface area contributed by atoms with Gasteiger partial charge in [-0.1, -0.05) is 6.08 Å². The summed E-state index contributed by atoms with van der Waals surface area (Å²) in [7, 11) is 3.15. The minimum atomic E-state index is -0.507. The summed E-state index contributed by atoms with van der Waals surface area (Å²) in [4.78, 5) is 23.9. The van der Waals surface area contributed by atoms with Crippen molar-refractivity contribution in [2.45, 2.75) is 37.8 Å². The average molecular weight is 359 g/mol. The fourth-order valence-electron chi connectivity index (χ4n) is 4.51. The smallest absolute Gasteiger partial charge is 0.338 e. The first-order valence-corrected chi connectivity index (χ1v) is 8.68. The third-order valence-corrected chi connectivity index (χ3v) is 5.59. The molecule has 1 aliphatic carbocycles. The van der Waals surface area contributed by atoms with E-state index in [4.69, 9.17) is 14.2 Å². The topological polar surface area (TPSA) is 84.9 Å². The lowest BCUT2D eigenvalue weighted by Gasteiger charge is -2.48. The number of rotatable bonds is 2. The molecule has 0 amide bonds. The third kappa shape index (κ3) is 2.50. The summed E-state index contributed by atoms with van der Waals surface area (Å²) in [6, 6.07) is 2.92. The van der Waals surface area contributed by atoms with Gasteiger partial charge in [0.1, 0.15) is 12.1 Å². The van der Waals surface area contributed by atoms with Crippen LogP contribution in [0.4, 0.5) is 0 Å². The number of hydrogen-bond donors (Lipinski definition) is 0. The van der Waals surface area contributed by atoms with Crippen molar-refractivity contribution in [3.8, 4) is 11.5 Å². The molecule has 4 rings (SSSR count). The molecule has 4 atom stereocenters. The van der Waals surface area contributed by atoms with Gasteiger partial charge in [0.25, 0.3) is 0 Å². The fourth-order valence-corrected chi connectivity index (χ4v) is 4.51. The van der Waals surface area contributed by atoms with Gasteiger partial charge in [0.05, 0.1) is 32.2 Å². The number of quaternary nitrogens is 1. The molecule has 2 aliphatic heterocycles. The Morgan fingerprint density at radius 1 is 1.35 bits per heavy atom. The summed E-state index contributed by atoms with van der Waals surface area (Å²) in [6.45, 7) is 1.80. The lowest BCUT2D eigenvalue weighted by atomic mass is 9.74. The van der Waals surface area contributed by atoms with Crippen molar-refractivity contribution in [3.63, 3.8) is 0 Å². The van der Waals surface area contributed by atoms with Gasteiger partial charge in [-0.15, -0.1) is 0 Å². The molecule has 0 N–H and O–H groups in total. The minimum absolute atomic E-state index is 0.173. The second-order valence-corrected chi connectivity index (χ2v) is 7.26. The fraction of sp³-hybridized carbons (Fsp3) is 0.474. The van der Waals surface area contributed by atoms with Gasteiger partial charge in [0.15, 0.2) is 11.5 Å². The Hall–Kier alpha value is -2.38. The van der Waals surface area contributed by atoms with E-state index in [-0.39, 0.29) is 28.5 Å². The normalized spacial score (nSPS) is 31.9. The Morgan fingerprint density at radius 3 is 2.81 bits per heavy atom. The number of fused-ring (bicyclic) bond motifs is 5. The van der Waals surface area contributed by atoms with Crippen molar-refractivity contribution in [3.05, 3.63) is 40.1 Å². The first-order valence-electron chi connectivity index (χ1n) is 8.68. The monoisotopic (exact) mass is 359 g/mol. The van der Waals surface area contributed by atoms with Crippen molar-refractivity contribution >= 4 is 11.9 Å². The number of likely N-dealkylation sites (N-methyl/N-ethyl adjacent to an activating group) is 1. The van der Waals surface area contributed by atoms with Crippen LogP contribution < -0.4 is 9.47 Å². The van der Waals surface area contributed by atoms with Crippen LogP contribution in [0.1, 0.15) is 41.6 Å². The second kappa shape index (κ2) is 5.82. The number of hydroxylamine groups is 3. The van der Waals surface area contributed by atoms with E-state index in [1.165, 1.54) is 20.1 Å². The van der Waals surface area contributed by atoms with Crippen LogP contribution in [0.3, 0.4) is 0 Å². The highest BCUT2D eigenvalue weighted by Crippen LogP contribution is 2.50. The second-order valence-electron chi connectivity index (χ2n) is 7.26. The molecular weight excluding hydrogens is 338 g/mol. The molecule has 7 heteroatoms. The van der Waals surface area contributed by atoms with Gasteiger partial charge in [-0.2, -0.15) is 0 Å². The Labute approximate surface area is 151 Å². The molecule has 7 nitrogen and oxygen atoms in total. The van der Waals surface area contributed by atoms with E-state index in [0.717, 1.165) is 17.6 Å². The van der Waals surface area contributed by atoms with Gasteiger partial charge < -0.3 is 24.1 Å². The van der Waals surface area contributed by atoms with E-state index in [0.29, 0.717) is 24.3 Å². The number of nitrogens with zero attached hydrogens (tertiary/aromatic N) is 1. The molecule has 0 saturated carbocycles. The predicted octanol–water partition coefficient (Wildman–Crippen LogP) is 2.29. The third-order valence-electron chi connectivity index (χ3n) is 5.59. The molecule has 3 aliphatic rings. The van der Waals surface area contributed by atoms with Crippen LogP contribution in [0.5, 0.6) is 11.5 Å². The maximum atomic E-state index is 13.0. The van der Waals surface area contributed by atoms with Crippen molar-refractivity contribution in [1.82, 2.24) is 0 Å². The quantitative estimate of drug-likeness (QED) is 0.265. The van der Waals surface area contributed by atoms with Crippen molar-refractivity contribution in [2.75, 3.05) is 20.7 Å². The minimum Gasteiger partial charge on any atom is -0.633 e. The highest BCUT2D eigenvalue weighted by Gasteiger charge is 2.52. The van der Waals surface area contributed by atoms with Crippen LogP contribution in [0, 0.1) is 5.21 Å². The lowest BCUT2D eigenvalue weighted by molar-refractivity contribution is -0.872. The number of carbonyl (C=O) groups excluding carboxylic acids is 2. The van der Waals surface area contributed by atoms with Crippen LogP contribution in [0.25, 0.3) is 0 Å². The van der Waals surface area contributed by atoms with Gasteiger partial charge >= 0.3 is 11.9 Å². The number of likely N-dealkylation sites (tertiary alicyclic amines) is 1. The van der Waals surface area contributed by atoms with Crippen LogP contribution in [-0.2, 0) is 9.53 Å². The zero-order valence-corrected chi connectivity index (χ0v) is 15.0. The molecule has 1 aromatic carbocycles. The molecule has 0 radical (unpaired) electrons. The maximum Gasteiger partial charge on any atom is 0.338 e. The zero-order valence-electron chi connectivity index (χ0n) is 15.0. The standard InChI is InChI=1S/C19H21NO6/c1-10(21)25-16-9-13-12(8-15(16)24-3)17-14(26-19(13)22)5-4-11-6-7-20(2,23)18(11)17/h4,8-9,14,17-18H,5-7H2,1-3H3/t14-,17-,18-,20?/m1/s1. The first-order chi connectivity index (χ1) is 12.3. The number of methoxy groups -OCH3 is 1. The van der Waals surface area contributed by atoms with E-state index >= 15 is 0 Å². The van der Waals surface area contributed by atoms with E-state index in [1.807, 2.05) is 0 Å². The van der Waals surface area contributed by atoms with Crippen LogP contribution >= 0.6 is 0 Å². The van der Waals surface area contributed by atoms with Crippen molar-refractivity contribution in [2.24, 2.45) is 0 Å². The Morgan fingerprint density at radius 2 is 2.12 bits per heavy atom. The van der Waals surface area contributed by atoms with Crippen LogP contribution in [0.2, 0.25) is 0 Å². The molecule has 138 valence electrons. The van der Waals surface area contributed by atoms with Crippen LogP contribution in [0.15, 0.2) is 23.8 Å². The number of ether oxygens (including phenoxy) is 3. The summed E-state index contributed by atoms with van der Waals surface area (Å²) in [5, 5.41) is 13.0. The highest BCUT2D eigenvalue weighted by atomic mass is 16.6. The zero-order chi connectivity index (χ0) is 18.6. The SMILES string of the molecule is COc1cc2c(cc1OC(C)=O)C(=O)O[C@@H]1CC=C3CC[N+](C)([O-])[C@H]3[C@H]21. The molecule has 1 aromatic rings. The molecule has 2 heterocycles. The first kappa shape index (κ1) is 17.1. The molecule has 0 spiro atoms. The molecule has 1 fully saturated rings. The van der Waals surface area contributed by atoms with E-state index in [2.05, 4.69) is 6.08 Å². The van der Waals surface area contributed by atoms with Crippen LogP contribution in [-0.4, -0.2) is 49.4 Å². The highest BCUT2D eigenvalue weighted by molar-refractivity contribution is 5.94. The van der Waals surface area contributed by atoms with Gasteiger partial charge in [0, 0.05) is 19.8 Å². The van der Waals surface area contributed by atoms with Gasteiger partial charge in [0.2, 0.25) is 0 Å². The number of carbonyl (C=O) groups is 2. The van der Waals surface area contributed by atoms with E-state index in [1.54, 1.807) is 13.1 Å². The van der Waals surface area contributed by atoms with Crippen molar-refractivity contribution in [1.29, 1.82) is 0 Å². The van der Waals surface area contributed by atoms with Gasteiger partial charge in [-0.05, 0) is 23.3 Å². The summed E-state index contributed by atoms with van der Waals surface area (Å²) >= 11 is 0. The Balaban J connectivity index is 1.87. The summed E-state index contributed by atoms with van der Waals surface area (Å²) in [5.74, 6) is -0.666. The van der Waals surface area contributed by atoms with Gasteiger partial charge in [-0.3, -0.25) is 4.79 Å². The molecule has 1 saturated heterocycles. The molecule has 0 bridgehead atoms. The summed E-state index contributed by atoms with van der Waals surface area (Å²) in [5.41, 5.74) is 2.20.